The molecule has 0 aliphatic carbocycles. The number of hydrogen-bond donors (Lipinski definition) is 1. The van der Waals surface area contributed by atoms with Gasteiger partial charge in [0, 0.05) is 5.02 Å². The summed E-state index contributed by atoms with van der Waals surface area (Å²) in [6.07, 6.45) is 1.53. The zero-order chi connectivity index (χ0) is 25.2. The van der Waals surface area contributed by atoms with Crippen LogP contribution in [0, 0.1) is 0 Å². The highest BCUT2D eigenvalue weighted by Gasteiger charge is 2.33. The molecule has 0 spiro atoms. The summed E-state index contributed by atoms with van der Waals surface area (Å²) < 4.78 is 5.92. The summed E-state index contributed by atoms with van der Waals surface area (Å²) in [4.78, 5) is 26.4. The first-order valence-electron chi connectivity index (χ1n) is 11.1. The van der Waals surface area contributed by atoms with Crippen molar-refractivity contribution in [1.82, 2.24) is 10.2 Å². The minimum Gasteiger partial charge on any atom is -0.486 e. The number of carbonyl (C=O) groups excluding carboxylic acids is 2. The van der Waals surface area contributed by atoms with Gasteiger partial charge in [-0.1, -0.05) is 83.3 Å². The smallest absolute Gasteiger partial charge is 0.329 e. The largest absolute Gasteiger partial charge is 0.486 e. The van der Waals surface area contributed by atoms with Crippen molar-refractivity contribution in [1.29, 1.82) is 0 Å². The molecule has 5 rings (SSSR count). The first kappa shape index (κ1) is 24.2. The number of rotatable bonds is 6. The van der Waals surface area contributed by atoms with Gasteiger partial charge < -0.3 is 10.1 Å². The van der Waals surface area contributed by atoms with E-state index in [4.69, 9.17) is 39.5 Å². The molecule has 0 unspecified atom stereocenters. The second-order valence-corrected chi connectivity index (χ2v) is 9.54. The molecular weight excluding hydrogens is 519 g/mol. The topological polar surface area (TPSA) is 58.6 Å². The minimum atomic E-state index is -0.506. The third kappa shape index (κ3) is 5.19. The van der Waals surface area contributed by atoms with E-state index in [2.05, 4.69) is 17.4 Å². The van der Waals surface area contributed by atoms with Crippen LogP contribution in [0.25, 0.3) is 16.8 Å². The fourth-order valence-corrected chi connectivity index (χ4v) is 4.68. The highest BCUT2D eigenvalue weighted by atomic mass is 35.5. The van der Waals surface area contributed by atoms with Crippen molar-refractivity contribution in [3.8, 4) is 5.75 Å². The molecule has 1 aliphatic rings. The molecule has 8 heteroatoms. The Labute approximate surface area is 222 Å². The maximum absolute atomic E-state index is 12.8. The number of imide groups is 1. The van der Waals surface area contributed by atoms with Crippen molar-refractivity contribution in [3.63, 3.8) is 0 Å². The average Bonchev–Trinajstić information content (AvgIpc) is 3.12. The van der Waals surface area contributed by atoms with Gasteiger partial charge in [-0.05, 0) is 63.9 Å². The van der Waals surface area contributed by atoms with Gasteiger partial charge in [0.25, 0.3) is 5.91 Å². The number of hydrogen-bond acceptors (Lipinski definition) is 3. The number of carbonyl (C=O) groups is 2. The van der Waals surface area contributed by atoms with Crippen LogP contribution in [0.5, 0.6) is 5.75 Å². The van der Waals surface area contributed by atoms with Gasteiger partial charge in [0.1, 0.15) is 12.3 Å². The molecule has 1 fully saturated rings. The van der Waals surface area contributed by atoms with Crippen molar-refractivity contribution >= 4 is 63.6 Å². The summed E-state index contributed by atoms with van der Waals surface area (Å²) in [7, 11) is 0. The molecule has 1 aliphatic heterocycles. The summed E-state index contributed by atoms with van der Waals surface area (Å²) in [5.41, 5.74) is 2.45. The highest BCUT2D eigenvalue weighted by Crippen LogP contribution is 2.36. The van der Waals surface area contributed by atoms with Gasteiger partial charge >= 0.3 is 6.03 Å². The maximum Gasteiger partial charge on any atom is 0.329 e. The normalized spacial score (nSPS) is 14.5. The first-order chi connectivity index (χ1) is 17.4. The molecule has 1 N–H and O–H groups in total. The predicted molar refractivity (Wildman–Crippen MR) is 143 cm³/mol. The number of nitrogens with one attached hydrogen (secondary N) is 1. The van der Waals surface area contributed by atoms with Crippen molar-refractivity contribution in [2.24, 2.45) is 0 Å². The number of benzene rings is 4. The van der Waals surface area contributed by atoms with Gasteiger partial charge in [-0.15, -0.1) is 0 Å². The molecule has 1 saturated heterocycles. The van der Waals surface area contributed by atoms with Gasteiger partial charge in [-0.3, -0.25) is 9.69 Å². The van der Waals surface area contributed by atoms with E-state index in [1.807, 2.05) is 30.3 Å². The number of ether oxygens (including phenoxy) is 1. The molecule has 1 heterocycles. The van der Waals surface area contributed by atoms with Crippen LogP contribution in [0.3, 0.4) is 0 Å². The molecule has 3 amide bonds. The van der Waals surface area contributed by atoms with Gasteiger partial charge in [0.05, 0.1) is 16.6 Å². The average molecular weight is 538 g/mol. The molecule has 0 atom stereocenters. The van der Waals surface area contributed by atoms with E-state index < -0.39 is 11.9 Å². The van der Waals surface area contributed by atoms with Crippen LogP contribution in [-0.4, -0.2) is 16.8 Å². The number of halogens is 3. The molecule has 0 saturated carbocycles. The van der Waals surface area contributed by atoms with E-state index in [9.17, 15) is 9.59 Å². The predicted octanol–water partition coefficient (Wildman–Crippen LogP) is 7.47. The third-order valence-electron chi connectivity index (χ3n) is 5.74. The summed E-state index contributed by atoms with van der Waals surface area (Å²) in [5, 5.41) is 6.04. The minimum absolute atomic E-state index is 0.127. The van der Waals surface area contributed by atoms with Crippen molar-refractivity contribution in [3.05, 3.63) is 116 Å². The Hall–Kier alpha value is -3.51. The van der Waals surface area contributed by atoms with Crippen LogP contribution in [0.1, 0.15) is 16.7 Å². The fourth-order valence-electron chi connectivity index (χ4n) is 3.94. The Morgan fingerprint density at radius 1 is 0.806 bits per heavy atom. The van der Waals surface area contributed by atoms with E-state index in [-0.39, 0.29) is 12.2 Å². The lowest BCUT2D eigenvalue weighted by atomic mass is 10.1. The zero-order valence-electron chi connectivity index (χ0n) is 18.8. The summed E-state index contributed by atoms with van der Waals surface area (Å²) in [5.74, 6) is -0.0985. The molecule has 36 heavy (non-hydrogen) atoms. The monoisotopic (exact) mass is 536 g/mol. The summed E-state index contributed by atoms with van der Waals surface area (Å²) in [6.45, 7) is 0.418. The number of amides is 3. The lowest BCUT2D eigenvalue weighted by Gasteiger charge is -2.12. The van der Waals surface area contributed by atoms with Crippen LogP contribution in [0.4, 0.5) is 4.79 Å². The first-order valence-corrected chi connectivity index (χ1v) is 12.2. The van der Waals surface area contributed by atoms with Gasteiger partial charge in [0.15, 0.2) is 5.75 Å². The lowest BCUT2D eigenvalue weighted by molar-refractivity contribution is -0.123. The fraction of sp³-hybridized carbons (Fsp3) is 0.0714. The van der Waals surface area contributed by atoms with E-state index in [0.29, 0.717) is 33.0 Å². The molecule has 0 radical (unpaired) electrons. The second-order valence-electron chi connectivity index (χ2n) is 8.29. The Balaban J connectivity index is 1.31. The van der Waals surface area contributed by atoms with Crippen LogP contribution < -0.4 is 10.1 Å². The van der Waals surface area contributed by atoms with E-state index in [0.717, 1.165) is 26.8 Å². The summed E-state index contributed by atoms with van der Waals surface area (Å²) >= 11 is 18.8. The van der Waals surface area contributed by atoms with E-state index in [1.54, 1.807) is 36.4 Å². The molecule has 4 aromatic carbocycles. The quantitative estimate of drug-likeness (QED) is 0.205. The number of nitrogens with zero attached hydrogens (tertiary/aromatic N) is 1. The zero-order valence-corrected chi connectivity index (χ0v) is 21.1. The van der Waals surface area contributed by atoms with Crippen molar-refractivity contribution < 1.29 is 14.3 Å². The molecule has 4 aromatic rings. The Morgan fingerprint density at radius 2 is 1.47 bits per heavy atom. The second kappa shape index (κ2) is 10.2. The highest BCUT2D eigenvalue weighted by molar-refractivity contribution is 6.37. The van der Waals surface area contributed by atoms with Gasteiger partial charge in [0.2, 0.25) is 0 Å². The SMILES string of the molecule is O=C1N/C(=C\c2cc(Cl)c(OCc3ccc4ccccc4c3)c(Cl)c2)C(=O)N1Cc1ccc(Cl)cc1. The molecule has 0 aromatic heterocycles. The summed E-state index contributed by atoms with van der Waals surface area (Å²) in [6, 6.07) is 23.9. The molecule has 5 nitrogen and oxygen atoms in total. The Bertz CT molecular complexity index is 1490. The van der Waals surface area contributed by atoms with Crippen molar-refractivity contribution in [2.75, 3.05) is 0 Å². The van der Waals surface area contributed by atoms with Crippen LogP contribution in [0.2, 0.25) is 15.1 Å². The van der Waals surface area contributed by atoms with E-state index in [1.165, 1.54) is 6.08 Å². The Kier molecular flexibility index (Phi) is 6.88. The lowest BCUT2D eigenvalue weighted by Crippen LogP contribution is -2.30. The number of urea groups is 1. The standard InChI is InChI=1S/C28H19Cl3N2O3/c29-22-9-6-17(7-10-22)15-33-27(34)25(32-28(33)35)14-19-12-23(30)26(24(31)13-19)36-16-18-5-8-20-3-1-2-4-21(20)11-18/h1-14H,15-16H2,(H,32,35)/b25-14-. The third-order valence-corrected chi connectivity index (χ3v) is 6.56. The molecule has 180 valence electrons. The van der Waals surface area contributed by atoms with Crippen LogP contribution in [0.15, 0.2) is 84.6 Å². The van der Waals surface area contributed by atoms with Crippen LogP contribution >= 0.6 is 34.8 Å². The number of fused-ring (bicyclic) bond motifs is 1. The molecular formula is C28H19Cl3N2O3. The van der Waals surface area contributed by atoms with Gasteiger partial charge in [-0.25, -0.2) is 4.79 Å². The van der Waals surface area contributed by atoms with Crippen LogP contribution in [-0.2, 0) is 17.9 Å². The van der Waals surface area contributed by atoms with Gasteiger partial charge in [-0.2, -0.15) is 0 Å². The van der Waals surface area contributed by atoms with E-state index >= 15 is 0 Å². The Morgan fingerprint density at radius 3 is 2.19 bits per heavy atom. The van der Waals surface area contributed by atoms with Crippen molar-refractivity contribution in [2.45, 2.75) is 13.2 Å². The maximum atomic E-state index is 12.8. The molecule has 0 bridgehead atoms.